The number of halogens is 1. The first-order valence-corrected chi connectivity index (χ1v) is 8.32. The van der Waals surface area contributed by atoms with Crippen molar-refractivity contribution in [3.05, 3.63) is 65.9 Å². The minimum absolute atomic E-state index is 0.220. The molecule has 134 valence electrons. The Bertz CT molecular complexity index is 1080. The summed E-state index contributed by atoms with van der Waals surface area (Å²) >= 11 is 0. The van der Waals surface area contributed by atoms with E-state index in [1.165, 1.54) is 12.1 Å². The van der Waals surface area contributed by atoms with Gasteiger partial charge in [0.15, 0.2) is 5.69 Å². The lowest BCUT2D eigenvalue weighted by atomic mass is 10.1. The lowest BCUT2D eigenvalue weighted by Crippen LogP contribution is -2.22. The number of rotatable bonds is 3. The van der Waals surface area contributed by atoms with Crippen LogP contribution in [0.4, 0.5) is 4.39 Å². The van der Waals surface area contributed by atoms with E-state index < -0.39 is 0 Å². The van der Waals surface area contributed by atoms with Gasteiger partial charge in [-0.1, -0.05) is 22.5 Å². The fraction of sp³-hybridized carbons (Fsp3) is 0.167. The molecule has 0 fully saturated rings. The van der Waals surface area contributed by atoms with Crippen LogP contribution in [0.2, 0.25) is 0 Å². The molecular weight excluding hydrogens is 351 g/mol. The van der Waals surface area contributed by atoms with E-state index in [-0.39, 0.29) is 24.4 Å². The average molecular weight is 364 g/mol. The van der Waals surface area contributed by atoms with Gasteiger partial charge in [-0.3, -0.25) is 4.98 Å². The van der Waals surface area contributed by atoms with Crippen molar-refractivity contribution in [2.45, 2.75) is 19.3 Å². The van der Waals surface area contributed by atoms with E-state index in [1.54, 1.807) is 41.3 Å². The van der Waals surface area contributed by atoms with Gasteiger partial charge in [0.2, 0.25) is 5.82 Å². The molecule has 4 aromatic rings. The molecule has 0 aliphatic carbocycles. The molecule has 1 aliphatic heterocycles. The minimum atomic E-state index is -0.278. The number of pyridine rings is 1. The lowest BCUT2D eigenvalue weighted by molar-refractivity contribution is -0.00120. The summed E-state index contributed by atoms with van der Waals surface area (Å²) < 4.78 is 26.1. The van der Waals surface area contributed by atoms with Crippen molar-refractivity contribution in [1.29, 1.82) is 0 Å². The maximum Gasteiger partial charge on any atom is 0.280 e. The van der Waals surface area contributed by atoms with Crippen LogP contribution >= 0.6 is 0 Å². The predicted molar refractivity (Wildman–Crippen MR) is 90.5 cm³/mol. The molecule has 0 spiro atoms. The first-order chi connectivity index (χ1) is 13.3. The normalized spacial score (nSPS) is 16.3. The number of hydrogen-bond donors (Lipinski definition) is 0. The number of fused-ring (bicyclic) bond motifs is 1. The summed E-state index contributed by atoms with van der Waals surface area (Å²) in [7, 11) is 0. The van der Waals surface area contributed by atoms with Gasteiger partial charge in [0, 0.05) is 18.0 Å². The average Bonchev–Trinajstić information content (AvgIpc) is 3.36. The molecule has 1 aromatic carbocycles. The summed E-state index contributed by atoms with van der Waals surface area (Å²) in [6, 6.07) is 9.85. The monoisotopic (exact) mass is 364 g/mol. The Hall–Kier alpha value is -3.46. The molecule has 0 unspecified atom stereocenters. The van der Waals surface area contributed by atoms with Crippen LogP contribution in [0.5, 0.6) is 0 Å². The molecule has 0 radical (unpaired) electrons. The second-order valence-corrected chi connectivity index (χ2v) is 6.08. The van der Waals surface area contributed by atoms with Gasteiger partial charge in [0.1, 0.15) is 11.9 Å². The number of benzene rings is 1. The van der Waals surface area contributed by atoms with Gasteiger partial charge in [0.25, 0.3) is 5.89 Å². The van der Waals surface area contributed by atoms with E-state index >= 15 is 0 Å². The van der Waals surface area contributed by atoms with Crippen molar-refractivity contribution in [2.24, 2.45) is 0 Å². The van der Waals surface area contributed by atoms with E-state index in [9.17, 15) is 4.39 Å². The minimum Gasteiger partial charge on any atom is -0.365 e. The van der Waals surface area contributed by atoms with Gasteiger partial charge in [-0.15, -0.1) is 5.10 Å². The molecule has 0 amide bonds. The van der Waals surface area contributed by atoms with Crippen LogP contribution in [0.3, 0.4) is 0 Å². The van der Waals surface area contributed by atoms with Gasteiger partial charge >= 0.3 is 0 Å². The molecular formula is C18H13FN6O2. The van der Waals surface area contributed by atoms with Crippen molar-refractivity contribution in [3.63, 3.8) is 0 Å². The van der Waals surface area contributed by atoms with E-state index in [2.05, 4.69) is 25.4 Å². The molecule has 1 aliphatic rings. The van der Waals surface area contributed by atoms with Crippen LogP contribution in [0.25, 0.3) is 23.0 Å². The third kappa shape index (κ3) is 2.87. The third-order valence-corrected chi connectivity index (χ3v) is 4.41. The molecule has 0 N–H and O–H groups in total. The highest BCUT2D eigenvalue weighted by molar-refractivity contribution is 5.58. The molecule has 4 heterocycles. The van der Waals surface area contributed by atoms with Gasteiger partial charge in [-0.25, -0.2) is 9.07 Å². The summed E-state index contributed by atoms with van der Waals surface area (Å²) in [6.07, 6.45) is 3.10. The zero-order valence-electron chi connectivity index (χ0n) is 14.0. The molecule has 0 bridgehead atoms. The van der Waals surface area contributed by atoms with Crippen molar-refractivity contribution in [2.75, 3.05) is 0 Å². The lowest BCUT2D eigenvalue weighted by Gasteiger charge is -2.24. The highest BCUT2D eigenvalue weighted by Crippen LogP contribution is 2.30. The summed E-state index contributed by atoms with van der Waals surface area (Å²) in [6.45, 7) is 0.761. The summed E-state index contributed by atoms with van der Waals surface area (Å²) in [5, 5.41) is 12.4. The van der Waals surface area contributed by atoms with Crippen LogP contribution in [0, 0.1) is 5.82 Å². The first-order valence-electron chi connectivity index (χ1n) is 8.32. The quantitative estimate of drug-likeness (QED) is 0.552. The second-order valence-electron chi connectivity index (χ2n) is 6.08. The SMILES string of the molecule is Fc1ccc([C@@H]2Cn3nnc(-c4nc(-c5ccncc5)no4)c3CO2)cc1. The molecule has 0 saturated heterocycles. The molecule has 3 aromatic heterocycles. The highest BCUT2D eigenvalue weighted by atomic mass is 19.1. The molecule has 5 rings (SSSR count). The van der Waals surface area contributed by atoms with Crippen molar-refractivity contribution in [3.8, 4) is 23.0 Å². The third-order valence-electron chi connectivity index (χ3n) is 4.41. The fourth-order valence-electron chi connectivity index (χ4n) is 2.99. The Morgan fingerprint density at radius 2 is 1.89 bits per heavy atom. The largest absolute Gasteiger partial charge is 0.365 e. The van der Waals surface area contributed by atoms with Crippen LogP contribution in [0.1, 0.15) is 17.4 Å². The molecule has 27 heavy (non-hydrogen) atoms. The Labute approximate surface area is 152 Å². The van der Waals surface area contributed by atoms with Gasteiger partial charge in [-0.2, -0.15) is 4.98 Å². The van der Waals surface area contributed by atoms with E-state index in [0.29, 0.717) is 18.1 Å². The number of hydrogen-bond acceptors (Lipinski definition) is 7. The number of ether oxygens (including phenoxy) is 1. The molecule has 0 saturated carbocycles. The fourth-order valence-corrected chi connectivity index (χ4v) is 2.99. The topological polar surface area (TPSA) is 91.8 Å². The van der Waals surface area contributed by atoms with Crippen molar-refractivity contribution < 1.29 is 13.7 Å². The molecule has 8 nitrogen and oxygen atoms in total. The highest BCUT2D eigenvalue weighted by Gasteiger charge is 2.28. The van der Waals surface area contributed by atoms with E-state index in [0.717, 1.165) is 16.8 Å². The zero-order chi connectivity index (χ0) is 18.2. The van der Waals surface area contributed by atoms with Crippen LogP contribution in [-0.4, -0.2) is 30.1 Å². The smallest absolute Gasteiger partial charge is 0.280 e. The molecule has 1 atom stereocenters. The first kappa shape index (κ1) is 15.8. The van der Waals surface area contributed by atoms with Crippen molar-refractivity contribution >= 4 is 0 Å². The Morgan fingerprint density at radius 1 is 1.07 bits per heavy atom. The summed E-state index contributed by atoms with van der Waals surface area (Å²) in [5.41, 5.74) is 2.95. The van der Waals surface area contributed by atoms with E-state index in [1.807, 2.05) is 0 Å². The Kier molecular flexibility index (Phi) is 3.72. The number of nitrogens with zero attached hydrogens (tertiary/aromatic N) is 6. The predicted octanol–water partition coefficient (Wildman–Crippen LogP) is 2.80. The van der Waals surface area contributed by atoms with E-state index in [4.69, 9.17) is 9.26 Å². The Balaban J connectivity index is 1.42. The zero-order valence-corrected chi connectivity index (χ0v) is 14.0. The maximum absolute atomic E-state index is 13.1. The second kappa shape index (κ2) is 6.36. The number of aromatic nitrogens is 6. The van der Waals surface area contributed by atoms with Crippen LogP contribution in [-0.2, 0) is 17.9 Å². The maximum atomic E-state index is 13.1. The van der Waals surface area contributed by atoms with Crippen molar-refractivity contribution in [1.82, 2.24) is 30.1 Å². The molecule has 9 heteroatoms. The van der Waals surface area contributed by atoms with Gasteiger partial charge < -0.3 is 9.26 Å². The summed E-state index contributed by atoms with van der Waals surface area (Å²) in [5.74, 6) is 0.460. The van der Waals surface area contributed by atoms with Gasteiger partial charge in [-0.05, 0) is 29.8 Å². The van der Waals surface area contributed by atoms with Crippen LogP contribution < -0.4 is 0 Å². The standard InChI is InChI=1S/C18H13FN6O2/c19-13-3-1-11(2-4-13)15-9-25-14(10-26-15)16(22-24-25)18-21-17(23-27-18)12-5-7-20-8-6-12/h1-8,15H,9-10H2/t15-/m0/s1. The summed E-state index contributed by atoms with van der Waals surface area (Å²) in [4.78, 5) is 8.37. The van der Waals surface area contributed by atoms with Crippen LogP contribution in [0.15, 0.2) is 53.3 Å². The van der Waals surface area contributed by atoms with Gasteiger partial charge in [0.05, 0.1) is 18.8 Å². The Morgan fingerprint density at radius 3 is 2.70 bits per heavy atom.